The molecule has 1 N–H and O–H groups in total. The Hall–Kier alpha value is -4.04. The number of furan rings is 1. The highest BCUT2D eigenvalue weighted by molar-refractivity contribution is 7.17. The molecule has 0 bridgehead atoms. The Kier molecular flexibility index (Phi) is 4.94. The van der Waals surface area contributed by atoms with Gasteiger partial charge in [-0.05, 0) is 24.6 Å². The van der Waals surface area contributed by atoms with Crippen molar-refractivity contribution >= 4 is 44.9 Å². The maximum absolute atomic E-state index is 13.6. The molecule has 0 saturated carbocycles. The van der Waals surface area contributed by atoms with E-state index in [0.717, 1.165) is 16.7 Å². The van der Waals surface area contributed by atoms with Crippen molar-refractivity contribution < 1.29 is 23.9 Å². The number of benzene rings is 2. The number of anilines is 1. The maximum atomic E-state index is 13.6. The van der Waals surface area contributed by atoms with E-state index in [4.69, 9.17) is 4.42 Å². The summed E-state index contributed by atoms with van der Waals surface area (Å²) in [7, 11) is 0. The number of aliphatic hydroxyl groups excluding tert-OH is 1. The van der Waals surface area contributed by atoms with Gasteiger partial charge in [-0.25, -0.2) is 4.98 Å². The number of ketones is 2. The lowest BCUT2D eigenvalue weighted by Gasteiger charge is -2.24. The number of carbonyl (C=O) groups excluding carboxylic acids is 3. The topological polar surface area (TPSA) is 101 Å². The van der Waals surface area contributed by atoms with Crippen LogP contribution in [0.15, 0.2) is 76.4 Å². The van der Waals surface area contributed by atoms with Gasteiger partial charge in [0.15, 0.2) is 22.4 Å². The summed E-state index contributed by atoms with van der Waals surface area (Å²) < 4.78 is 5.72. The van der Waals surface area contributed by atoms with E-state index in [2.05, 4.69) is 4.98 Å². The van der Waals surface area contributed by atoms with Crippen molar-refractivity contribution in [3.05, 3.63) is 93.9 Å². The molecule has 2 aromatic heterocycles. The standard InChI is InChI=1S/C25H18N2O5S/c1-13-23(14(2)28)33-25(26-13)27-20(15-8-4-3-5-9-15)19(22(30)24(27)31)21(29)18-12-16-10-6-7-11-17(16)32-18/h3-12,20,30H,1-2H3. The number of amides is 1. The Morgan fingerprint density at radius 2 is 1.79 bits per heavy atom. The molecule has 1 aliphatic heterocycles. The quantitative estimate of drug-likeness (QED) is 0.414. The molecule has 0 spiro atoms. The van der Waals surface area contributed by atoms with Crippen molar-refractivity contribution in [1.29, 1.82) is 0 Å². The number of hydrogen-bond donors (Lipinski definition) is 1. The number of rotatable bonds is 5. The summed E-state index contributed by atoms with van der Waals surface area (Å²) in [5.41, 5.74) is 1.53. The van der Waals surface area contributed by atoms with Crippen molar-refractivity contribution in [2.45, 2.75) is 19.9 Å². The predicted octanol–water partition coefficient (Wildman–Crippen LogP) is 5.18. The summed E-state index contributed by atoms with van der Waals surface area (Å²) in [6.07, 6.45) is 0. The van der Waals surface area contributed by atoms with Crippen LogP contribution in [0.2, 0.25) is 0 Å². The molecule has 7 nitrogen and oxygen atoms in total. The molecule has 0 saturated heterocycles. The van der Waals surface area contributed by atoms with Gasteiger partial charge in [-0.2, -0.15) is 0 Å². The molecular weight excluding hydrogens is 440 g/mol. The fourth-order valence-electron chi connectivity index (χ4n) is 4.02. The van der Waals surface area contributed by atoms with Gasteiger partial charge < -0.3 is 9.52 Å². The minimum absolute atomic E-state index is 0.0214. The Bertz CT molecular complexity index is 1430. The van der Waals surface area contributed by atoms with Crippen molar-refractivity contribution in [3.8, 4) is 0 Å². The molecular formula is C25H18N2O5S. The van der Waals surface area contributed by atoms with Gasteiger partial charge in [-0.15, -0.1) is 0 Å². The van der Waals surface area contributed by atoms with E-state index in [1.807, 2.05) is 18.2 Å². The average Bonchev–Trinajstić information content (AvgIpc) is 3.48. The minimum Gasteiger partial charge on any atom is -0.503 e. The van der Waals surface area contributed by atoms with Crippen LogP contribution in [-0.2, 0) is 4.79 Å². The largest absolute Gasteiger partial charge is 0.503 e. The van der Waals surface area contributed by atoms with Crippen LogP contribution in [0.3, 0.4) is 0 Å². The van der Waals surface area contributed by atoms with Gasteiger partial charge in [-0.3, -0.25) is 19.3 Å². The number of aryl methyl sites for hydroxylation is 1. The third-order valence-electron chi connectivity index (χ3n) is 5.53. The van der Waals surface area contributed by atoms with Crippen LogP contribution in [0.4, 0.5) is 5.13 Å². The maximum Gasteiger partial charge on any atom is 0.296 e. The minimum atomic E-state index is -0.926. The highest BCUT2D eigenvalue weighted by Crippen LogP contribution is 2.44. The van der Waals surface area contributed by atoms with Crippen LogP contribution in [0.5, 0.6) is 0 Å². The second-order valence-electron chi connectivity index (χ2n) is 7.70. The molecule has 8 heteroatoms. The highest BCUT2D eigenvalue weighted by Gasteiger charge is 2.46. The van der Waals surface area contributed by atoms with Gasteiger partial charge in [0.05, 0.1) is 22.2 Å². The SMILES string of the molecule is CC(=O)c1sc(N2C(=O)C(O)=C(C(=O)c3cc4ccccc4o3)C2c2ccccc2)nc1C. The van der Waals surface area contributed by atoms with Crippen molar-refractivity contribution in [2.24, 2.45) is 0 Å². The molecule has 3 heterocycles. The monoisotopic (exact) mass is 458 g/mol. The zero-order chi connectivity index (χ0) is 23.3. The van der Waals surface area contributed by atoms with Crippen LogP contribution in [0.1, 0.15) is 44.4 Å². The van der Waals surface area contributed by atoms with Crippen LogP contribution >= 0.6 is 11.3 Å². The summed E-state index contributed by atoms with van der Waals surface area (Å²) in [6.45, 7) is 3.11. The first kappa shape index (κ1) is 20.8. The fraction of sp³-hybridized carbons (Fsp3) is 0.120. The van der Waals surface area contributed by atoms with Gasteiger partial charge >= 0.3 is 0 Å². The Labute approximate surface area is 192 Å². The lowest BCUT2D eigenvalue weighted by molar-refractivity contribution is -0.117. The summed E-state index contributed by atoms with van der Waals surface area (Å²) in [4.78, 5) is 44.8. The third-order valence-corrected chi connectivity index (χ3v) is 6.79. The lowest BCUT2D eigenvalue weighted by Crippen LogP contribution is -2.31. The highest BCUT2D eigenvalue weighted by atomic mass is 32.1. The first-order valence-electron chi connectivity index (χ1n) is 10.2. The van der Waals surface area contributed by atoms with E-state index in [9.17, 15) is 19.5 Å². The van der Waals surface area contributed by atoms with Crippen molar-refractivity contribution in [3.63, 3.8) is 0 Å². The number of carbonyl (C=O) groups is 3. The molecule has 4 aromatic rings. The van der Waals surface area contributed by atoms with Crippen molar-refractivity contribution in [1.82, 2.24) is 4.98 Å². The van der Waals surface area contributed by atoms with Gasteiger partial charge in [0.25, 0.3) is 5.91 Å². The fourth-order valence-corrected chi connectivity index (χ4v) is 5.01. The molecule has 0 fully saturated rings. The Morgan fingerprint density at radius 1 is 1.09 bits per heavy atom. The van der Waals surface area contributed by atoms with E-state index < -0.39 is 23.5 Å². The zero-order valence-electron chi connectivity index (χ0n) is 17.7. The van der Waals surface area contributed by atoms with Gasteiger partial charge in [0.2, 0.25) is 5.78 Å². The number of Topliss-reactive ketones (excluding diaryl/α,β-unsaturated/α-hetero) is 2. The molecule has 0 radical (unpaired) electrons. The summed E-state index contributed by atoms with van der Waals surface area (Å²) in [5.74, 6) is -2.16. The molecule has 5 rings (SSSR count). The number of nitrogens with zero attached hydrogens (tertiary/aromatic N) is 2. The molecule has 1 aliphatic rings. The van der Waals surface area contributed by atoms with E-state index in [1.54, 1.807) is 49.4 Å². The number of aromatic nitrogens is 1. The molecule has 0 aliphatic carbocycles. The summed E-state index contributed by atoms with van der Waals surface area (Å²) in [6, 6.07) is 16.7. The molecule has 1 unspecified atom stereocenters. The Morgan fingerprint density at radius 3 is 2.45 bits per heavy atom. The van der Waals surface area contributed by atoms with Gasteiger partial charge in [0, 0.05) is 12.3 Å². The van der Waals surface area contributed by atoms with Crippen LogP contribution in [0.25, 0.3) is 11.0 Å². The van der Waals surface area contributed by atoms with E-state index in [0.29, 0.717) is 21.7 Å². The van der Waals surface area contributed by atoms with E-state index in [-0.39, 0.29) is 22.2 Å². The molecule has 33 heavy (non-hydrogen) atoms. The van der Waals surface area contributed by atoms with Crippen molar-refractivity contribution in [2.75, 3.05) is 4.90 Å². The summed E-state index contributed by atoms with van der Waals surface area (Å²) >= 11 is 1.05. The smallest absolute Gasteiger partial charge is 0.296 e. The number of para-hydroxylation sites is 1. The van der Waals surface area contributed by atoms with E-state index in [1.165, 1.54) is 11.8 Å². The number of thiazole rings is 1. The van der Waals surface area contributed by atoms with E-state index >= 15 is 0 Å². The van der Waals surface area contributed by atoms with Crippen LogP contribution in [-0.4, -0.2) is 27.6 Å². The van der Waals surface area contributed by atoms with Crippen LogP contribution < -0.4 is 4.90 Å². The number of fused-ring (bicyclic) bond motifs is 1. The summed E-state index contributed by atoms with van der Waals surface area (Å²) in [5, 5.41) is 11.8. The molecule has 164 valence electrons. The Balaban J connectivity index is 1.66. The number of aliphatic hydroxyl groups is 1. The third kappa shape index (κ3) is 3.35. The number of hydrogen-bond acceptors (Lipinski definition) is 7. The normalized spacial score (nSPS) is 16.1. The first-order chi connectivity index (χ1) is 15.9. The zero-order valence-corrected chi connectivity index (χ0v) is 18.6. The predicted molar refractivity (Wildman–Crippen MR) is 124 cm³/mol. The second kappa shape index (κ2) is 7.83. The molecule has 1 amide bonds. The lowest BCUT2D eigenvalue weighted by atomic mass is 9.95. The first-order valence-corrected chi connectivity index (χ1v) is 11.0. The molecule has 1 atom stereocenters. The van der Waals surface area contributed by atoms with Gasteiger partial charge in [0.1, 0.15) is 5.58 Å². The second-order valence-corrected chi connectivity index (χ2v) is 8.67. The van der Waals surface area contributed by atoms with Crippen LogP contribution in [0, 0.1) is 6.92 Å². The van der Waals surface area contributed by atoms with Gasteiger partial charge in [-0.1, -0.05) is 59.9 Å². The average molecular weight is 458 g/mol. The molecule has 2 aromatic carbocycles.